The zero-order valence-corrected chi connectivity index (χ0v) is 9.69. The second-order valence-electron chi connectivity index (χ2n) is 3.96. The summed E-state index contributed by atoms with van der Waals surface area (Å²) in [4.78, 5) is 0. The van der Waals surface area contributed by atoms with E-state index < -0.39 is 0 Å². The van der Waals surface area contributed by atoms with E-state index in [0.29, 0.717) is 0 Å². The van der Waals surface area contributed by atoms with Gasteiger partial charge in [-0.2, -0.15) is 0 Å². The molecule has 0 bridgehead atoms. The van der Waals surface area contributed by atoms with E-state index in [1.54, 1.807) is 14.2 Å². The summed E-state index contributed by atoms with van der Waals surface area (Å²) in [6.45, 7) is 0. The van der Waals surface area contributed by atoms with Gasteiger partial charge in [-0.3, -0.25) is 0 Å². The molecule has 3 nitrogen and oxygen atoms in total. The van der Waals surface area contributed by atoms with Crippen LogP contribution in [0.2, 0.25) is 0 Å². The van der Waals surface area contributed by atoms with Crippen LogP contribution < -0.4 is 15.2 Å². The van der Waals surface area contributed by atoms with Gasteiger partial charge in [-0.1, -0.05) is 12.1 Å². The van der Waals surface area contributed by atoms with Crippen molar-refractivity contribution < 1.29 is 9.47 Å². The molecule has 2 N–H and O–H groups in total. The molecule has 16 heavy (non-hydrogen) atoms. The molecule has 0 amide bonds. The van der Waals surface area contributed by atoms with Gasteiger partial charge in [0.15, 0.2) is 11.5 Å². The highest BCUT2D eigenvalue weighted by Gasteiger charge is 2.14. The van der Waals surface area contributed by atoms with Crippen LogP contribution in [0.4, 0.5) is 0 Å². The topological polar surface area (TPSA) is 44.5 Å². The van der Waals surface area contributed by atoms with Crippen molar-refractivity contribution >= 4 is 5.57 Å². The maximum absolute atomic E-state index is 5.86. The van der Waals surface area contributed by atoms with Crippen molar-refractivity contribution in [2.75, 3.05) is 14.2 Å². The van der Waals surface area contributed by atoms with Gasteiger partial charge in [0, 0.05) is 6.04 Å². The zero-order valence-electron chi connectivity index (χ0n) is 9.69. The van der Waals surface area contributed by atoms with Crippen molar-refractivity contribution in [2.24, 2.45) is 5.73 Å². The molecule has 0 fully saturated rings. The number of hydrogen-bond donors (Lipinski definition) is 1. The highest BCUT2D eigenvalue weighted by molar-refractivity contribution is 5.70. The van der Waals surface area contributed by atoms with Crippen LogP contribution >= 0.6 is 0 Å². The van der Waals surface area contributed by atoms with E-state index in [-0.39, 0.29) is 6.04 Å². The molecule has 0 heterocycles. The van der Waals surface area contributed by atoms with Crippen LogP contribution in [0.1, 0.15) is 18.4 Å². The van der Waals surface area contributed by atoms with Gasteiger partial charge in [0.05, 0.1) is 14.2 Å². The quantitative estimate of drug-likeness (QED) is 0.847. The summed E-state index contributed by atoms with van der Waals surface area (Å²) in [7, 11) is 3.29. The highest BCUT2D eigenvalue weighted by Crippen LogP contribution is 2.34. The lowest BCUT2D eigenvalue weighted by Crippen LogP contribution is -2.11. The van der Waals surface area contributed by atoms with Gasteiger partial charge in [0.2, 0.25) is 0 Å². The van der Waals surface area contributed by atoms with Crippen LogP contribution in [0.3, 0.4) is 0 Å². The number of ether oxygens (including phenoxy) is 2. The van der Waals surface area contributed by atoms with E-state index >= 15 is 0 Å². The fourth-order valence-corrected chi connectivity index (χ4v) is 2.02. The summed E-state index contributed by atoms with van der Waals surface area (Å²) >= 11 is 0. The molecule has 0 aromatic heterocycles. The average Bonchev–Trinajstić information content (AvgIpc) is 2.75. The van der Waals surface area contributed by atoms with E-state index in [4.69, 9.17) is 15.2 Å². The van der Waals surface area contributed by atoms with Crippen molar-refractivity contribution in [1.82, 2.24) is 0 Å². The molecule has 1 aliphatic carbocycles. The molecule has 0 saturated carbocycles. The Balaban J connectivity index is 2.33. The Morgan fingerprint density at radius 3 is 2.50 bits per heavy atom. The number of benzene rings is 1. The lowest BCUT2D eigenvalue weighted by Gasteiger charge is -2.09. The third-order valence-corrected chi connectivity index (χ3v) is 2.92. The van der Waals surface area contributed by atoms with Crippen LogP contribution in [0, 0.1) is 0 Å². The van der Waals surface area contributed by atoms with Gasteiger partial charge in [-0.25, -0.2) is 0 Å². The van der Waals surface area contributed by atoms with Crippen molar-refractivity contribution in [3.8, 4) is 11.5 Å². The molecule has 1 atom stereocenters. The molecule has 3 heteroatoms. The highest BCUT2D eigenvalue weighted by atomic mass is 16.5. The Labute approximate surface area is 95.9 Å². The first-order valence-corrected chi connectivity index (χ1v) is 5.43. The summed E-state index contributed by atoms with van der Waals surface area (Å²) < 4.78 is 10.5. The predicted octanol–water partition coefficient (Wildman–Crippen LogP) is 2.21. The first-order valence-electron chi connectivity index (χ1n) is 5.43. The fraction of sp³-hybridized carbons (Fsp3) is 0.385. The Morgan fingerprint density at radius 1 is 1.19 bits per heavy atom. The fourth-order valence-electron chi connectivity index (χ4n) is 2.02. The molecule has 0 saturated heterocycles. The van der Waals surface area contributed by atoms with Gasteiger partial charge >= 0.3 is 0 Å². The lowest BCUT2D eigenvalue weighted by atomic mass is 10.1. The Hall–Kier alpha value is -1.48. The van der Waals surface area contributed by atoms with E-state index in [2.05, 4.69) is 6.08 Å². The molecule has 0 spiro atoms. The largest absolute Gasteiger partial charge is 0.493 e. The van der Waals surface area contributed by atoms with Crippen LogP contribution in [0.15, 0.2) is 24.3 Å². The normalized spacial score (nSPS) is 19.4. The maximum atomic E-state index is 5.86. The van der Waals surface area contributed by atoms with Gasteiger partial charge in [0.1, 0.15) is 0 Å². The molecule has 1 unspecified atom stereocenters. The van der Waals surface area contributed by atoms with Crippen molar-refractivity contribution in [3.05, 3.63) is 29.8 Å². The van der Waals surface area contributed by atoms with Crippen molar-refractivity contribution in [2.45, 2.75) is 18.9 Å². The Bertz CT molecular complexity index is 412. The smallest absolute Gasteiger partial charge is 0.161 e. The van der Waals surface area contributed by atoms with E-state index in [1.165, 1.54) is 11.1 Å². The first-order chi connectivity index (χ1) is 7.74. The minimum atomic E-state index is 0.197. The third kappa shape index (κ3) is 2.04. The number of nitrogens with two attached hydrogens (primary N) is 1. The summed E-state index contributed by atoms with van der Waals surface area (Å²) in [6.07, 6.45) is 4.20. The number of methoxy groups -OCH3 is 2. The predicted molar refractivity (Wildman–Crippen MR) is 64.7 cm³/mol. The second-order valence-corrected chi connectivity index (χ2v) is 3.96. The molecule has 86 valence electrons. The SMILES string of the molecule is COc1ccc(C2=CC(N)CC2)cc1OC. The first kappa shape index (κ1) is 11.0. The molecule has 1 aromatic rings. The van der Waals surface area contributed by atoms with Crippen LogP contribution in [-0.4, -0.2) is 20.3 Å². The summed E-state index contributed by atoms with van der Waals surface area (Å²) in [5, 5.41) is 0. The monoisotopic (exact) mass is 219 g/mol. The zero-order chi connectivity index (χ0) is 11.5. The van der Waals surface area contributed by atoms with Gasteiger partial charge in [-0.15, -0.1) is 0 Å². The lowest BCUT2D eigenvalue weighted by molar-refractivity contribution is 0.355. The maximum Gasteiger partial charge on any atom is 0.161 e. The summed E-state index contributed by atoms with van der Waals surface area (Å²) in [5.41, 5.74) is 8.33. The minimum Gasteiger partial charge on any atom is -0.493 e. The van der Waals surface area contributed by atoms with E-state index in [0.717, 1.165) is 24.3 Å². The summed E-state index contributed by atoms with van der Waals surface area (Å²) in [5.74, 6) is 1.52. The van der Waals surface area contributed by atoms with Crippen molar-refractivity contribution in [3.63, 3.8) is 0 Å². The van der Waals surface area contributed by atoms with Crippen LogP contribution in [-0.2, 0) is 0 Å². The number of hydrogen-bond acceptors (Lipinski definition) is 3. The van der Waals surface area contributed by atoms with Gasteiger partial charge in [0.25, 0.3) is 0 Å². The standard InChI is InChI=1S/C13H17NO2/c1-15-12-6-4-10(8-13(12)16-2)9-3-5-11(14)7-9/h4,6-8,11H,3,5,14H2,1-2H3. The number of allylic oxidation sites excluding steroid dienone is 1. The molecular weight excluding hydrogens is 202 g/mol. The molecule has 1 aromatic carbocycles. The number of rotatable bonds is 3. The second kappa shape index (κ2) is 4.58. The third-order valence-electron chi connectivity index (χ3n) is 2.92. The minimum absolute atomic E-state index is 0.197. The molecule has 1 aliphatic rings. The average molecular weight is 219 g/mol. The molecule has 0 aliphatic heterocycles. The van der Waals surface area contributed by atoms with Crippen LogP contribution in [0.5, 0.6) is 11.5 Å². The summed E-state index contributed by atoms with van der Waals surface area (Å²) in [6, 6.07) is 6.18. The molecule has 0 radical (unpaired) electrons. The molecular formula is C13H17NO2. The molecule has 2 rings (SSSR count). The van der Waals surface area contributed by atoms with Crippen molar-refractivity contribution in [1.29, 1.82) is 0 Å². The van der Waals surface area contributed by atoms with Crippen LogP contribution in [0.25, 0.3) is 5.57 Å². The van der Waals surface area contributed by atoms with E-state index in [9.17, 15) is 0 Å². The Morgan fingerprint density at radius 2 is 1.94 bits per heavy atom. The van der Waals surface area contributed by atoms with Gasteiger partial charge in [-0.05, 0) is 36.1 Å². The van der Waals surface area contributed by atoms with Gasteiger partial charge < -0.3 is 15.2 Å². The Kier molecular flexibility index (Phi) is 3.15. The van der Waals surface area contributed by atoms with E-state index in [1.807, 2.05) is 18.2 Å².